The second-order valence-electron chi connectivity index (χ2n) is 3.48. The average Bonchev–Trinajstić information content (AvgIpc) is 2.27. The first kappa shape index (κ1) is 15.1. The molecule has 1 atom stereocenters. The number of nitrogens with one attached hydrogen (secondary N) is 1. The third-order valence-electron chi connectivity index (χ3n) is 2.24. The summed E-state index contributed by atoms with van der Waals surface area (Å²) in [5.74, 6) is 0.0901. The van der Waals surface area contributed by atoms with Crippen molar-refractivity contribution in [1.29, 1.82) is 0 Å². The Morgan fingerprint density at radius 1 is 1.71 bits per heavy atom. The first-order valence-electron chi connectivity index (χ1n) is 5.36. The lowest BCUT2D eigenvalue weighted by Crippen LogP contribution is -2.36. The number of hydrogen-bond acceptors (Lipinski definition) is 5. The monoisotopic (exact) mass is 246 g/mol. The Balaban J connectivity index is 3.73. The van der Waals surface area contributed by atoms with Crippen molar-refractivity contribution in [3.63, 3.8) is 0 Å². The third-order valence-corrected chi connectivity index (χ3v) is 2.24. The number of nitrogens with two attached hydrogens (primary N) is 1. The first-order valence-corrected chi connectivity index (χ1v) is 5.36. The predicted octanol–water partition coefficient (Wildman–Crippen LogP) is 0.0618. The van der Waals surface area contributed by atoms with Crippen LogP contribution in [0.25, 0.3) is 0 Å². The zero-order chi connectivity index (χ0) is 13.1. The first-order chi connectivity index (χ1) is 8.10. The average molecular weight is 246 g/mol. The summed E-state index contributed by atoms with van der Waals surface area (Å²) in [6.45, 7) is 3.24. The largest absolute Gasteiger partial charge is 0.468 e. The smallest absolute Gasteiger partial charge is 0.293 e. The van der Waals surface area contributed by atoms with E-state index in [2.05, 4.69) is 9.73 Å². The molecule has 0 saturated carbocycles. The molecule has 8 nitrogen and oxygen atoms in total. The maximum Gasteiger partial charge on any atom is 0.293 e. The number of ether oxygens (including phenoxy) is 1. The van der Waals surface area contributed by atoms with E-state index in [9.17, 15) is 14.9 Å². The van der Waals surface area contributed by atoms with Crippen LogP contribution in [0.5, 0.6) is 0 Å². The quantitative estimate of drug-likeness (QED) is 0.148. The summed E-state index contributed by atoms with van der Waals surface area (Å²) in [6, 6.07) is 0. The van der Waals surface area contributed by atoms with E-state index in [1.807, 2.05) is 6.92 Å². The molecule has 98 valence electrons. The highest BCUT2D eigenvalue weighted by Gasteiger charge is 2.06. The lowest BCUT2D eigenvalue weighted by atomic mass is 10.0. The molecule has 0 aromatic carbocycles. The minimum Gasteiger partial charge on any atom is -0.468 e. The second kappa shape index (κ2) is 9.37. The second-order valence-corrected chi connectivity index (χ2v) is 3.48. The molecule has 0 spiro atoms. The Hall–Kier alpha value is -1.86. The van der Waals surface area contributed by atoms with E-state index in [0.717, 1.165) is 19.3 Å². The maximum absolute atomic E-state index is 10.0. The van der Waals surface area contributed by atoms with Crippen molar-refractivity contribution in [2.45, 2.75) is 26.2 Å². The fourth-order valence-corrected chi connectivity index (χ4v) is 1.29. The molecule has 17 heavy (non-hydrogen) atoms. The van der Waals surface area contributed by atoms with Crippen molar-refractivity contribution >= 4 is 12.4 Å². The van der Waals surface area contributed by atoms with Gasteiger partial charge in [0, 0.05) is 6.54 Å². The fraction of sp³-hybridized carbons (Fsp3) is 0.778. The minimum absolute atomic E-state index is 0.202. The molecule has 0 aromatic rings. The molecule has 3 N–H and O–H groups in total. The van der Waals surface area contributed by atoms with Gasteiger partial charge in [-0.1, -0.05) is 18.8 Å². The Bertz CT molecular complexity index is 270. The zero-order valence-electron chi connectivity index (χ0n) is 9.80. The summed E-state index contributed by atoms with van der Waals surface area (Å²) in [5.41, 5.74) is 6.99. The topological polar surface area (TPSA) is 120 Å². The van der Waals surface area contributed by atoms with Gasteiger partial charge in [0.25, 0.3) is 12.4 Å². The molecular formula is C9H18N4O4. The number of nitro groups is 1. The Morgan fingerprint density at radius 3 is 2.94 bits per heavy atom. The van der Waals surface area contributed by atoms with Gasteiger partial charge >= 0.3 is 0 Å². The molecule has 0 saturated heterocycles. The number of nitrogens with zero attached hydrogens (tertiary/aromatic N) is 2. The van der Waals surface area contributed by atoms with Crippen LogP contribution in [0.4, 0.5) is 0 Å². The molecule has 0 rings (SSSR count). The maximum atomic E-state index is 10.0. The molecule has 0 fully saturated rings. The van der Waals surface area contributed by atoms with E-state index >= 15 is 0 Å². The van der Waals surface area contributed by atoms with Gasteiger partial charge < -0.3 is 10.5 Å². The Labute approximate surface area is 99.3 Å². The van der Waals surface area contributed by atoms with E-state index < -0.39 is 5.03 Å². The molecule has 0 aliphatic heterocycles. The number of guanidine groups is 1. The highest BCUT2D eigenvalue weighted by Crippen LogP contribution is 2.10. The number of carbonyl (C=O) groups is 1. The van der Waals surface area contributed by atoms with Gasteiger partial charge in [-0.3, -0.25) is 4.79 Å². The van der Waals surface area contributed by atoms with Gasteiger partial charge in [0.05, 0.1) is 6.61 Å². The number of hydrazine groups is 1. The van der Waals surface area contributed by atoms with Crippen LogP contribution >= 0.6 is 0 Å². The summed E-state index contributed by atoms with van der Waals surface area (Å²) in [5, 5.41) is 9.24. The number of rotatable bonds is 9. The van der Waals surface area contributed by atoms with Crippen LogP contribution in [0.15, 0.2) is 4.99 Å². The van der Waals surface area contributed by atoms with Gasteiger partial charge in [-0.2, -0.15) is 0 Å². The Kier molecular flexibility index (Phi) is 8.35. The highest BCUT2D eigenvalue weighted by atomic mass is 16.7. The van der Waals surface area contributed by atoms with Crippen molar-refractivity contribution in [1.82, 2.24) is 5.43 Å². The molecule has 0 aromatic heterocycles. The Morgan fingerprint density at radius 2 is 2.41 bits per heavy atom. The van der Waals surface area contributed by atoms with Crippen LogP contribution in [0.3, 0.4) is 0 Å². The molecule has 0 bridgehead atoms. The fourth-order valence-electron chi connectivity index (χ4n) is 1.29. The lowest BCUT2D eigenvalue weighted by molar-refractivity contribution is -0.525. The summed E-state index contributed by atoms with van der Waals surface area (Å²) in [4.78, 5) is 23.8. The van der Waals surface area contributed by atoms with E-state index in [0.29, 0.717) is 25.5 Å². The van der Waals surface area contributed by atoms with Crippen LogP contribution in [-0.2, 0) is 9.53 Å². The van der Waals surface area contributed by atoms with Crippen LogP contribution < -0.4 is 11.2 Å². The van der Waals surface area contributed by atoms with E-state index in [4.69, 9.17) is 5.73 Å². The molecule has 0 unspecified atom stereocenters. The SMILES string of the molecule is CC[C@@H](CCCN=C(N)N[N+](=O)[O-])COC=O. The normalized spacial score (nSPS) is 12.9. The van der Waals surface area contributed by atoms with Crippen molar-refractivity contribution in [3.8, 4) is 0 Å². The predicted molar refractivity (Wildman–Crippen MR) is 61.7 cm³/mol. The van der Waals surface area contributed by atoms with Crippen LogP contribution in [0.1, 0.15) is 26.2 Å². The number of carbonyl (C=O) groups excluding carboxylic acids is 1. The summed E-state index contributed by atoms with van der Waals surface area (Å²) in [7, 11) is 0. The lowest BCUT2D eigenvalue weighted by Gasteiger charge is -2.11. The van der Waals surface area contributed by atoms with Crippen molar-refractivity contribution in [3.05, 3.63) is 10.1 Å². The number of hydrogen-bond donors (Lipinski definition) is 2. The molecule has 0 aliphatic rings. The summed E-state index contributed by atoms with van der Waals surface area (Å²) in [6.07, 6.45) is 2.47. The van der Waals surface area contributed by atoms with Crippen LogP contribution in [0.2, 0.25) is 0 Å². The minimum atomic E-state index is -0.758. The van der Waals surface area contributed by atoms with Gasteiger partial charge in [-0.25, -0.2) is 15.1 Å². The summed E-state index contributed by atoms with van der Waals surface area (Å²) < 4.78 is 4.67. The van der Waals surface area contributed by atoms with Crippen molar-refractivity contribution < 1.29 is 14.6 Å². The third kappa shape index (κ3) is 9.09. The molecule has 0 radical (unpaired) electrons. The van der Waals surface area contributed by atoms with Crippen LogP contribution in [-0.4, -0.2) is 30.6 Å². The van der Waals surface area contributed by atoms with Crippen molar-refractivity contribution in [2.24, 2.45) is 16.6 Å². The number of aliphatic imine (C=N–C) groups is 1. The molecule has 0 aliphatic carbocycles. The van der Waals surface area contributed by atoms with Crippen molar-refractivity contribution in [2.75, 3.05) is 13.2 Å². The van der Waals surface area contributed by atoms with E-state index in [-0.39, 0.29) is 5.96 Å². The van der Waals surface area contributed by atoms with Gasteiger partial charge in [0.1, 0.15) is 0 Å². The standard InChI is InChI=1S/C9H18N4O4/c1-2-8(6-17-7-14)4-3-5-11-9(10)12-13(15)16/h7-8H,2-6H2,1H3,(H3,10,11,12)/t8-/m0/s1. The molecular weight excluding hydrogens is 228 g/mol. The molecule has 8 heteroatoms. The van der Waals surface area contributed by atoms with Gasteiger partial charge in [-0.05, 0) is 18.8 Å². The van der Waals surface area contributed by atoms with Gasteiger partial charge in [0.15, 0.2) is 5.03 Å². The highest BCUT2D eigenvalue weighted by molar-refractivity contribution is 5.76. The van der Waals surface area contributed by atoms with Crippen LogP contribution in [0, 0.1) is 16.0 Å². The van der Waals surface area contributed by atoms with Gasteiger partial charge in [0.2, 0.25) is 0 Å². The van der Waals surface area contributed by atoms with E-state index in [1.54, 1.807) is 5.43 Å². The molecule has 0 heterocycles. The zero-order valence-corrected chi connectivity index (χ0v) is 9.80. The van der Waals surface area contributed by atoms with E-state index in [1.165, 1.54) is 0 Å². The summed E-state index contributed by atoms with van der Waals surface area (Å²) >= 11 is 0. The molecule has 0 amide bonds. The van der Waals surface area contributed by atoms with Gasteiger partial charge in [-0.15, -0.1) is 0 Å².